The number of nitrogens with one attached hydrogen (secondary N) is 2. The summed E-state index contributed by atoms with van der Waals surface area (Å²) in [6.45, 7) is 11.9. The molecular formula is C92H126N4O4. The third kappa shape index (κ3) is 25.6. The Hall–Kier alpha value is -7.32. The summed E-state index contributed by atoms with van der Waals surface area (Å²) in [4.78, 5) is 19.5. The monoisotopic (exact) mass is 1350 g/mol. The molecule has 8 heteroatoms. The van der Waals surface area contributed by atoms with Gasteiger partial charge in [0, 0.05) is 44.3 Å². The summed E-state index contributed by atoms with van der Waals surface area (Å²) in [5.41, 5.74) is 15.3. The molecule has 0 aliphatic carbocycles. The standard InChI is InChI=1S/C92H126N4O4/c1-5-9-13-17-21-25-29-33-37-41-65-97-77-53-45-49-73(69-77)89-81-57-59-83(93-81)90(74-50-46-54-78(70-74)98-66-42-38-34-30-26-22-18-14-10-6-2)85-61-63-87(95-85)92(76-52-48-56-80(72-76)100-68-44-40-36-32-28-24-20-16-12-8-4)88-64-62-86(96-88)91(84-60-58-82(89)94-84)75-51-47-55-79(71-75)99-67-43-39-35-31-27-23-19-15-11-7-3/h45-64,69-72,93-94H,5-44,65-68H2,1-4H3. The first-order valence-corrected chi connectivity index (χ1v) is 40.6. The Morgan fingerprint density at radius 1 is 0.230 bits per heavy atom. The van der Waals surface area contributed by atoms with E-state index in [9.17, 15) is 0 Å². The van der Waals surface area contributed by atoms with Crippen molar-refractivity contribution in [2.45, 2.75) is 285 Å². The van der Waals surface area contributed by atoms with Crippen molar-refractivity contribution in [1.29, 1.82) is 0 Å². The minimum absolute atomic E-state index is 0.682. The lowest BCUT2D eigenvalue weighted by atomic mass is 10.0. The van der Waals surface area contributed by atoms with E-state index in [1.807, 2.05) is 0 Å². The maximum Gasteiger partial charge on any atom is 0.119 e. The van der Waals surface area contributed by atoms with E-state index >= 15 is 0 Å². The maximum atomic E-state index is 6.63. The van der Waals surface area contributed by atoms with E-state index in [0.717, 1.165) is 138 Å². The van der Waals surface area contributed by atoms with Crippen LogP contribution >= 0.6 is 0 Å². The molecule has 100 heavy (non-hydrogen) atoms. The number of aromatic amines is 2. The molecular weight excluding hydrogens is 1230 g/mol. The topological polar surface area (TPSA) is 94.3 Å². The minimum atomic E-state index is 0.682. The second-order valence-corrected chi connectivity index (χ2v) is 28.7. The Bertz CT molecular complexity index is 3530. The molecule has 0 unspecified atom stereocenters. The summed E-state index contributed by atoms with van der Waals surface area (Å²) in [5, 5.41) is 0. The molecule has 5 heterocycles. The average Bonchev–Trinajstić information content (AvgIpc) is 1.61. The van der Waals surface area contributed by atoms with Crippen LogP contribution in [0.2, 0.25) is 0 Å². The lowest BCUT2D eigenvalue weighted by Crippen LogP contribution is -1.98. The fourth-order valence-corrected chi connectivity index (χ4v) is 14.5. The summed E-state index contributed by atoms with van der Waals surface area (Å²) in [6, 6.07) is 43.5. The zero-order valence-electron chi connectivity index (χ0n) is 62.5. The highest BCUT2D eigenvalue weighted by Crippen LogP contribution is 2.41. The largest absolute Gasteiger partial charge is 0.494 e. The molecule has 0 fully saturated rings. The highest BCUT2D eigenvalue weighted by molar-refractivity contribution is 6.00. The average molecular weight is 1350 g/mol. The van der Waals surface area contributed by atoms with Gasteiger partial charge in [-0.25, -0.2) is 9.97 Å². The molecule has 0 spiro atoms. The molecule has 3 aromatic heterocycles. The number of hydrogen-bond acceptors (Lipinski definition) is 6. The Balaban J connectivity index is 1.09. The first-order valence-electron chi connectivity index (χ1n) is 40.6. The van der Waals surface area contributed by atoms with Gasteiger partial charge in [0.15, 0.2) is 0 Å². The van der Waals surface area contributed by atoms with Gasteiger partial charge in [0.2, 0.25) is 0 Å². The first kappa shape index (κ1) is 76.9. The zero-order chi connectivity index (χ0) is 69.3. The molecule has 0 radical (unpaired) electrons. The van der Waals surface area contributed by atoms with Crippen molar-refractivity contribution in [3.8, 4) is 67.5 Å². The van der Waals surface area contributed by atoms with Crippen LogP contribution in [0.1, 0.15) is 307 Å². The van der Waals surface area contributed by atoms with Crippen LogP contribution in [-0.2, 0) is 0 Å². The minimum Gasteiger partial charge on any atom is -0.494 e. The van der Waals surface area contributed by atoms with Crippen LogP contribution in [-0.4, -0.2) is 46.4 Å². The number of nitrogens with zero attached hydrogens (tertiary/aromatic N) is 2. The second-order valence-electron chi connectivity index (χ2n) is 28.7. The van der Waals surface area contributed by atoms with Crippen LogP contribution in [0, 0.1) is 0 Å². The second kappa shape index (κ2) is 45.5. The highest BCUT2D eigenvalue weighted by Gasteiger charge is 2.21. The number of unbranched alkanes of at least 4 members (excludes halogenated alkanes) is 36. The van der Waals surface area contributed by atoms with Gasteiger partial charge < -0.3 is 28.9 Å². The van der Waals surface area contributed by atoms with E-state index in [2.05, 4.69) is 183 Å². The molecule has 0 saturated carbocycles. The SMILES string of the molecule is CCCCCCCCCCCCOc1cccc(-c2c3nc(c(-c4cccc(OCCCCCCCCCCCC)c4)c4ccc([nH]4)c(-c4cccc(OCCCCCCCCCCCC)c4)c4ccc([nH]4)c(-c4cccc(OCCCCCCCCCCCC)c4)c4nc2C=C4)C=C3)c1. The molecule has 538 valence electrons. The van der Waals surface area contributed by atoms with Crippen molar-refractivity contribution in [2.75, 3.05) is 26.4 Å². The molecule has 8 bridgehead atoms. The molecule has 0 atom stereocenters. The van der Waals surface area contributed by atoms with Gasteiger partial charge in [0.1, 0.15) is 23.0 Å². The lowest BCUT2D eigenvalue weighted by molar-refractivity contribution is 0.304. The van der Waals surface area contributed by atoms with Gasteiger partial charge in [-0.1, -0.05) is 307 Å². The summed E-state index contributed by atoms with van der Waals surface area (Å²) in [7, 11) is 0. The Kier molecular flexibility index (Phi) is 35.0. The summed E-state index contributed by atoms with van der Waals surface area (Å²) in [6.07, 6.45) is 60.2. The fraction of sp³-hybridized carbons (Fsp3) is 0.522. The smallest absolute Gasteiger partial charge is 0.119 e. The highest BCUT2D eigenvalue weighted by atomic mass is 16.5. The molecule has 2 aliphatic rings. The quantitative estimate of drug-likeness (QED) is 0.0369. The van der Waals surface area contributed by atoms with Crippen molar-refractivity contribution in [1.82, 2.24) is 19.9 Å². The van der Waals surface area contributed by atoms with Gasteiger partial charge in [0.05, 0.1) is 49.2 Å². The van der Waals surface area contributed by atoms with E-state index in [-0.39, 0.29) is 0 Å². The summed E-state index contributed by atoms with van der Waals surface area (Å²) in [5.74, 6) is 3.45. The Morgan fingerprint density at radius 2 is 0.440 bits per heavy atom. The maximum absolute atomic E-state index is 6.63. The van der Waals surface area contributed by atoms with Crippen LogP contribution in [0.15, 0.2) is 121 Å². The molecule has 4 aromatic carbocycles. The summed E-state index contributed by atoms with van der Waals surface area (Å²) >= 11 is 0. The Morgan fingerprint density at radius 3 is 0.700 bits per heavy atom. The number of ether oxygens (including phenoxy) is 4. The van der Waals surface area contributed by atoms with Gasteiger partial charge in [-0.15, -0.1) is 0 Å². The normalized spacial score (nSPS) is 11.9. The van der Waals surface area contributed by atoms with Crippen molar-refractivity contribution in [3.63, 3.8) is 0 Å². The predicted octanol–water partition coefficient (Wildman–Crippen LogP) is 28.5. The molecule has 2 aliphatic heterocycles. The number of aromatic nitrogens is 4. The molecule has 2 N–H and O–H groups in total. The van der Waals surface area contributed by atoms with Crippen LogP contribution in [0.4, 0.5) is 0 Å². The third-order valence-electron chi connectivity index (χ3n) is 20.3. The van der Waals surface area contributed by atoms with Crippen molar-refractivity contribution in [2.24, 2.45) is 0 Å². The molecule has 0 saturated heterocycles. The molecule has 9 rings (SSSR count). The van der Waals surface area contributed by atoms with Gasteiger partial charge in [-0.05, 0) is 145 Å². The number of H-pyrrole nitrogens is 2. The zero-order valence-corrected chi connectivity index (χ0v) is 62.5. The molecule has 7 aromatic rings. The van der Waals surface area contributed by atoms with E-state index in [1.54, 1.807) is 0 Å². The fourth-order valence-electron chi connectivity index (χ4n) is 14.5. The summed E-state index contributed by atoms with van der Waals surface area (Å²) < 4.78 is 26.5. The van der Waals surface area contributed by atoms with E-state index in [0.29, 0.717) is 26.4 Å². The van der Waals surface area contributed by atoms with Gasteiger partial charge >= 0.3 is 0 Å². The Labute approximate surface area is 604 Å². The number of benzene rings is 4. The van der Waals surface area contributed by atoms with Crippen molar-refractivity contribution < 1.29 is 18.9 Å². The number of fused-ring (bicyclic) bond motifs is 8. The first-order chi connectivity index (χ1) is 49.5. The van der Waals surface area contributed by atoms with E-state index in [4.69, 9.17) is 28.9 Å². The predicted molar refractivity (Wildman–Crippen MR) is 430 cm³/mol. The van der Waals surface area contributed by atoms with Crippen LogP contribution in [0.5, 0.6) is 23.0 Å². The number of rotatable bonds is 52. The van der Waals surface area contributed by atoms with Crippen molar-refractivity contribution in [3.05, 3.63) is 144 Å². The van der Waals surface area contributed by atoms with Gasteiger partial charge in [-0.2, -0.15) is 0 Å². The van der Waals surface area contributed by atoms with E-state index in [1.165, 1.54) is 231 Å². The van der Waals surface area contributed by atoms with Crippen molar-refractivity contribution >= 4 is 46.4 Å². The van der Waals surface area contributed by atoms with Crippen LogP contribution in [0.3, 0.4) is 0 Å². The van der Waals surface area contributed by atoms with E-state index < -0.39 is 0 Å². The van der Waals surface area contributed by atoms with Gasteiger partial charge in [-0.3, -0.25) is 0 Å². The molecule has 8 nitrogen and oxygen atoms in total. The molecule has 0 amide bonds. The van der Waals surface area contributed by atoms with Crippen LogP contribution < -0.4 is 18.9 Å². The number of hydrogen-bond donors (Lipinski definition) is 2. The lowest BCUT2D eigenvalue weighted by Gasteiger charge is -2.11. The van der Waals surface area contributed by atoms with Crippen LogP contribution in [0.25, 0.3) is 90.9 Å². The third-order valence-corrected chi connectivity index (χ3v) is 20.3. The van der Waals surface area contributed by atoms with Gasteiger partial charge in [0.25, 0.3) is 0 Å².